The van der Waals surface area contributed by atoms with Gasteiger partial charge in [0.25, 0.3) is 0 Å². The molecule has 1 nitrogen and oxygen atoms in total. The number of halogens is 1. The number of hydrogen-bond acceptors (Lipinski definition) is 1. The monoisotopic (exact) mass is 267 g/mol. The summed E-state index contributed by atoms with van der Waals surface area (Å²) in [4.78, 5) is 0. The van der Waals surface area contributed by atoms with Gasteiger partial charge < -0.3 is 5.32 Å². The van der Waals surface area contributed by atoms with E-state index in [0.717, 1.165) is 18.1 Å². The van der Waals surface area contributed by atoms with Crippen molar-refractivity contribution in [2.24, 2.45) is 0 Å². The van der Waals surface area contributed by atoms with Gasteiger partial charge >= 0.3 is 0 Å². The molecule has 0 fully saturated rings. The highest BCUT2D eigenvalue weighted by molar-refractivity contribution is 6.31. The van der Waals surface area contributed by atoms with E-state index in [1.165, 1.54) is 37.7 Å². The van der Waals surface area contributed by atoms with Gasteiger partial charge in [-0.05, 0) is 36.9 Å². The molecule has 1 aromatic rings. The second-order valence-electron chi connectivity index (χ2n) is 4.92. The molecule has 0 aliphatic carbocycles. The molecule has 2 heteroatoms. The van der Waals surface area contributed by atoms with Crippen LogP contribution >= 0.6 is 11.6 Å². The van der Waals surface area contributed by atoms with Crippen molar-refractivity contribution in [1.82, 2.24) is 5.32 Å². The van der Waals surface area contributed by atoms with Crippen LogP contribution in [0, 0.1) is 0 Å². The van der Waals surface area contributed by atoms with Crippen molar-refractivity contribution in [2.45, 2.75) is 51.9 Å². The van der Waals surface area contributed by atoms with Crippen molar-refractivity contribution >= 4 is 11.6 Å². The molecule has 0 aliphatic heterocycles. The Bertz CT molecular complexity index is 315. The second-order valence-corrected chi connectivity index (χ2v) is 5.33. The Morgan fingerprint density at radius 3 is 2.56 bits per heavy atom. The number of unbranched alkanes of at least 4 members (excludes halogenated alkanes) is 2. The lowest BCUT2D eigenvalue weighted by atomic mass is 9.93. The molecule has 1 aromatic carbocycles. The standard InChI is InChI=1S/C16H26ClN/c1-3-5-6-9-14(13-18-12-4-2)15-10-7-8-11-16(15)17/h7-8,10-11,14,18H,3-6,9,12-13H2,1-2H3. The molecule has 0 amide bonds. The summed E-state index contributed by atoms with van der Waals surface area (Å²) in [5.74, 6) is 0.553. The van der Waals surface area contributed by atoms with Gasteiger partial charge in [-0.1, -0.05) is 62.9 Å². The van der Waals surface area contributed by atoms with Gasteiger partial charge in [-0.2, -0.15) is 0 Å². The summed E-state index contributed by atoms with van der Waals surface area (Å²) in [5, 5.41) is 4.44. The molecule has 0 radical (unpaired) electrons. The van der Waals surface area contributed by atoms with Crippen LogP contribution in [0.5, 0.6) is 0 Å². The normalized spacial score (nSPS) is 12.6. The Morgan fingerprint density at radius 2 is 1.89 bits per heavy atom. The van der Waals surface area contributed by atoms with Crippen molar-refractivity contribution in [1.29, 1.82) is 0 Å². The SMILES string of the molecule is CCCCCC(CNCCC)c1ccccc1Cl. The van der Waals surface area contributed by atoms with Crippen LogP contribution in [0.3, 0.4) is 0 Å². The molecule has 1 N–H and O–H groups in total. The first-order valence-electron chi connectivity index (χ1n) is 7.24. The largest absolute Gasteiger partial charge is 0.316 e. The van der Waals surface area contributed by atoms with Crippen LogP contribution in [0.2, 0.25) is 5.02 Å². The number of hydrogen-bond donors (Lipinski definition) is 1. The summed E-state index contributed by atoms with van der Waals surface area (Å²) in [6.45, 7) is 6.59. The average Bonchev–Trinajstić information content (AvgIpc) is 2.38. The number of rotatable bonds is 9. The van der Waals surface area contributed by atoms with E-state index in [9.17, 15) is 0 Å². The Kier molecular flexibility index (Phi) is 8.11. The lowest BCUT2D eigenvalue weighted by Crippen LogP contribution is -2.22. The average molecular weight is 268 g/mol. The third-order valence-corrected chi connectivity index (χ3v) is 3.66. The molecule has 0 saturated carbocycles. The predicted octanol–water partition coefficient (Wildman–Crippen LogP) is 5.00. The topological polar surface area (TPSA) is 12.0 Å². The van der Waals surface area contributed by atoms with Crippen molar-refractivity contribution < 1.29 is 0 Å². The quantitative estimate of drug-likeness (QED) is 0.621. The summed E-state index contributed by atoms with van der Waals surface area (Å²) in [6.07, 6.45) is 6.30. The first kappa shape index (κ1) is 15.5. The van der Waals surface area contributed by atoms with E-state index < -0.39 is 0 Å². The van der Waals surface area contributed by atoms with Gasteiger partial charge in [0.15, 0.2) is 0 Å². The molecule has 102 valence electrons. The minimum absolute atomic E-state index is 0.553. The minimum atomic E-state index is 0.553. The molecule has 0 spiro atoms. The van der Waals surface area contributed by atoms with Crippen LogP contribution in [0.1, 0.15) is 57.4 Å². The van der Waals surface area contributed by atoms with Gasteiger partial charge in [-0.15, -0.1) is 0 Å². The van der Waals surface area contributed by atoms with Crippen LogP contribution in [0.15, 0.2) is 24.3 Å². The summed E-state index contributed by atoms with van der Waals surface area (Å²) >= 11 is 6.32. The molecule has 18 heavy (non-hydrogen) atoms. The van der Waals surface area contributed by atoms with E-state index in [-0.39, 0.29) is 0 Å². The molecule has 0 heterocycles. The van der Waals surface area contributed by atoms with Gasteiger partial charge in [-0.25, -0.2) is 0 Å². The molecule has 0 aromatic heterocycles. The lowest BCUT2D eigenvalue weighted by Gasteiger charge is -2.19. The van der Waals surface area contributed by atoms with E-state index in [1.54, 1.807) is 0 Å². The highest BCUT2D eigenvalue weighted by Crippen LogP contribution is 2.28. The Balaban J connectivity index is 2.60. The zero-order valence-electron chi connectivity index (χ0n) is 11.7. The third-order valence-electron chi connectivity index (χ3n) is 3.32. The van der Waals surface area contributed by atoms with Crippen molar-refractivity contribution in [2.75, 3.05) is 13.1 Å². The van der Waals surface area contributed by atoms with Crippen molar-refractivity contribution in [3.63, 3.8) is 0 Å². The molecule has 1 atom stereocenters. The maximum absolute atomic E-state index is 6.32. The van der Waals surface area contributed by atoms with Crippen LogP contribution in [-0.4, -0.2) is 13.1 Å². The fourth-order valence-corrected chi connectivity index (χ4v) is 2.56. The molecular weight excluding hydrogens is 242 g/mol. The zero-order chi connectivity index (χ0) is 13.2. The van der Waals surface area contributed by atoms with Crippen molar-refractivity contribution in [3.8, 4) is 0 Å². The van der Waals surface area contributed by atoms with Crippen LogP contribution in [-0.2, 0) is 0 Å². The molecule has 0 aliphatic rings. The Morgan fingerprint density at radius 1 is 1.11 bits per heavy atom. The first-order valence-corrected chi connectivity index (χ1v) is 7.62. The summed E-state index contributed by atoms with van der Waals surface area (Å²) in [6, 6.07) is 8.28. The van der Waals surface area contributed by atoms with E-state index in [4.69, 9.17) is 11.6 Å². The van der Waals surface area contributed by atoms with Gasteiger partial charge in [0.1, 0.15) is 0 Å². The molecule has 1 rings (SSSR count). The summed E-state index contributed by atoms with van der Waals surface area (Å²) in [7, 11) is 0. The van der Waals surface area contributed by atoms with Crippen LogP contribution < -0.4 is 5.32 Å². The van der Waals surface area contributed by atoms with E-state index in [1.807, 2.05) is 12.1 Å². The lowest BCUT2D eigenvalue weighted by molar-refractivity contribution is 0.519. The number of nitrogens with one attached hydrogen (secondary N) is 1. The summed E-state index contributed by atoms with van der Waals surface area (Å²) in [5.41, 5.74) is 1.30. The molecule has 1 unspecified atom stereocenters. The highest BCUT2D eigenvalue weighted by atomic mass is 35.5. The van der Waals surface area contributed by atoms with Gasteiger partial charge in [0, 0.05) is 11.6 Å². The third kappa shape index (κ3) is 5.41. The van der Waals surface area contributed by atoms with E-state index in [0.29, 0.717) is 5.92 Å². The zero-order valence-corrected chi connectivity index (χ0v) is 12.5. The fourth-order valence-electron chi connectivity index (χ4n) is 2.27. The molecular formula is C16H26ClN. The molecule has 0 bridgehead atoms. The Hall–Kier alpha value is -0.530. The minimum Gasteiger partial charge on any atom is -0.316 e. The fraction of sp³-hybridized carbons (Fsp3) is 0.625. The molecule has 0 saturated heterocycles. The second kappa shape index (κ2) is 9.41. The first-order chi connectivity index (χ1) is 8.79. The highest BCUT2D eigenvalue weighted by Gasteiger charge is 2.13. The van der Waals surface area contributed by atoms with Gasteiger partial charge in [0.05, 0.1) is 0 Å². The van der Waals surface area contributed by atoms with Gasteiger partial charge in [-0.3, -0.25) is 0 Å². The Labute approximate surface area is 117 Å². The maximum Gasteiger partial charge on any atom is 0.0441 e. The summed E-state index contributed by atoms with van der Waals surface area (Å²) < 4.78 is 0. The predicted molar refractivity (Wildman–Crippen MR) is 81.5 cm³/mol. The smallest absolute Gasteiger partial charge is 0.0441 e. The maximum atomic E-state index is 6.32. The number of benzene rings is 1. The van der Waals surface area contributed by atoms with Gasteiger partial charge in [0.2, 0.25) is 0 Å². The van der Waals surface area contributed by atoms with E-state index in [2.05, 4.69) is 31.3 Å². The van der Waals surface area contributed by atoms with Crippen LogP contribution in [0.4, 0.5) is 0 Å². The van der Waals surface area contributed by atoms with Crippen LogP contribution in [0.25, 0.3) is 0 Å². The van der Waals surface area contributed by atoms with Crippen molar-refractivity contribution in [3.05, 3.63) is 34.9 Å². The van der Waals surface area contributed by atoms with E-state index >= 15 is 0 Å².